The molecule has 2 aromatic rings. The van der Waals surface area contributed by atoms with Gasteiger partial charge < -0.3 is 20.1 Å². The number of hydrogen-bond acceptors (Lipinski definition) is 3. The van der Waals surface area contributed by atoms with Gasteiger partial charge in [-0.05, 0) is 22.8 Å². The van der Waals surface area contributed by atoms with Crippen LogP contribution in [0.3, 0.4) is 0 Å². The Morgan fingerprint density at radius 2 is 1.83 bits per heavy atom. The minimum atomic E-state index is 0.641. The molecule has 0 amide bonds. The molecule has 0 aliphatic carbocycles. The zero-order valence-electron chi connectivity index (χ0n) is 14.5. The van der Waals surface area contributed by atoms with Crippen LogP contribution in [0.15, 0.2) is 47.5 Å². The van der Waals surface area contributed by atoms with Crippen LogP contribution in [0.1, 0.15) is 12.0 Å². The van der Waals surface area contributed by atoms with E-state index in [1.54, 1.807) is 14.2 Å². The molecular weight excluding hydrogens is 302 g/mol. The fraction of sp³-hybridized carbons (Fsp3) is 0.421. The summed E-state index contributed by atoms with van der Waals surface area (Å²) >= 11 is 0. The van der Waals surface area contributed by atoms with Gasteiger partial charge >= 0.3 is 0 Å². The summed E-state index contributed by atoms with van der Waals surface area (Å²) in [7, 11) is 3.46. The van der Waals surface area contributed by atoms with E-state index in [9.17, 15) is 0 Å². The number of rotatable bonds is 9. The average molecular weight is 329 g/mol. The minimum Gasteiger partial charge on any atom is -0.382 e. The molecule has 5 heteroatoms. The van der Waals surface area contributed by atoms with E-state index >= 15 is 0 Å². The van der Waals surface area contributed by atoms with E-state index in [0.717, 1.165) is 32.1 Å². The smallest absolute Gasteiger partial charge is 0.191 e. The van der Waals surface area contributed by atoms with E-state index in [0.29, 0.717) is 13.2 Å². The maximum Gasteiger partial charge on any atom is 0.191 e. The van der Waals surface area contributed by atoms with Crippen molar-refractivity contribution in [2.75, 3.05) is 40.5 Å². The van der Waals surface area contributed by atoms with E-state index < -0.39 is 0 Å². The zero-order chi connectivity index (χ0) is 17.0. The molecule has 0 aliphatic rings. The quantitative estimate of drug-likeness (QED) is 0.422. The molecular formula is C19H27N3O2. The van der Waals surface area contributed by atoms with E-state index in [4.69, 9.17) is 9.47 Å². The Balaban J connectivity index is 1.75. The molecule has 0 radical (unpaired) electrons. The topological polar surface area (TPSA) is 54.9 Å². The fourth-order valence-corrected chi connectivity index (χ4v) is 2.47. The number of nitrogens with zero attached hydrogens (tertiary/aromatic N) is 1. The van der Waals surface area contributed by atoms with Crippen LogP contribution >= 0.6 is 0 Å². The van der Waals surface area contributed by atoms with Gasteiger partial charge in [0.1, 0.15) is 0 Å². The first-order valence-corrected chi connectivity index (χ1v) is 8.33. The zero-order valence-corrected chi connectivity index (χ0v) is 14.5. The molecule has 2 aromatic carbocycles. The van der Waals surface area contributed by atoms with Crippen molar-refractivity contribution in [1.82, 2.24) is 10.6 Å². The van der Waals surface area contributed by atoms with Gasteiger partial charge in [0.25, 0.3) is 0 Å². The summed E-state index contributed by atoms with van der Waals surface area (Å²) in [6.07, 6.45) is 0.929. The highest BCUT2D eigenvalue weighted by Crippen LogP contribution is 2.18. The third-order valence-corrected chi connectivity index (χ3v) is 3.74. The molecule has 2 rings (SSSR count). The number of nitrogens with one attached hydrogen (secondary N) is 2. The predicted octanol–water partition coefficient (Wildman–Crippen LogP) is 2.56. The molecule has 0 unspecified atom stereocenters. The van der Waals surface area contributed by atoms with E-state index in [1.807, 2.05) is 0 Å². The predicted molar refractivity (Wildman–Crippen MR) is 99.5 cm³/mol. The van der Waals surface area contributed by atoms with Gasteiger partial charge in [0.2, 0.25) is 0 Å². The highest BCUT2D eigenvalue weighted by atomic mass is 16.5. The Morgan fingerprint density at radius 1 is 1.00 bits per heavy atom. The Bertz CT molecular complexity index is 638. The summed E-state index contributed by atoms with van der Waals surface area (Å²) in [4.78, 5) is 4.26. The number of fused-ring (bicyclic) bond motifs is 1. The Kier molecular flexibility index (Phi) is 8.07. The lowest BCUT2D eigenvalue weighted by Gasteiger charge is -2.13. The second kappa shape index (κ2) is 10.6. The summed E-state index contributed by atoms with van der Waals surface area (Å²) in [5.41, 5.74) is 1.26. The minimum absolute atomic E-state index is 0.641. The van der Waals surface area contributed by atoms with Gasteiger partial charge in [-0.2, -0.15) is 0 Å². The SMILES string of the molecule is CN=C(NCCCOCCOC)NCc1cccc2ccccc12. The second-order valence-corrected chi connectivity index (χ2v) is 5.45. The van der Waals surface area contributed by atoms with Crippen LogP contribution in [0, 0.1) is 0 Å². The first-order chi connectivity index (χ1) is 11.8. The third-order valence-electron chi connectivity index (χ3n) is 3.74. The maximum absolute atomic E-state index is 5.44. The molecule has 0 bridgehead atoms. The molecule has 0 saturated heterocycles. The lowest BCUT2D eigenvalue weighted by Crippen LogP contribution is -2.37. The van der Waals surface area contributed by atoms with Crippen LogP contribution in [0.5, 0.6) is 0 Å². The lowest BCUT2D eigenvalue weighted by molar-refractivity contribution is 0.0698. The van der Waals surface area contributed by atoms with Crippen molar-refractivity contribution in [2.45, 2.75) is 13.0 Å². The van der Waals surface area contributed by atoms with E-state index in [-0.39, 0.29) is 0 Å². The summed E-state index contributed by atoms with van der Waals surface area (Å²) in [5.74, 6) is 0.805. The van der Waals surface area contributed by atoms with Crippen LogP contribution in [-0.4, -0.2) is 46.5 Å². The van der Waals surface area contributed by atoms with Crippen LogP contribution < -0.4 is 10.6 Å². The van der Waals surface area contributed by atoms with Gasteiger partial charge in [0, 0.05) is 33.9 Å². The average Bonchev–Trinajstić information content (AvgIpc) is 2.63. The van der Waals surface area contributed by atoms with Gasteiger partial charge in [-0.3, -0.25) is 4.99 Å². The number of aliphatic imine (C=N–C) groups is 1. The van der Waals surface area contributed by atoms with Gasteiger partial charge in [-0.25, -0.2) is 0 Å². The number of guanidine groups is 1. The highest BCUT2D eigenvalue weighted by molar-refractivity contribution is 5.86. The van der Waals surface area contributed by atoms with Gasteiger partial charge in [0.05, 0.1) is 13.2 Å². The van der Waals surface area contributed by atoms with E-state index in [1.165, 1.54) is 16.3 Å². The summed E-state index contributed by atoms with van der Waals surface area (Å²) in [6, 6.07) is 14.8. The van der Waals surface area contributed by atoms with Crippen molar-refractivity contribution in [1.29, 1.82) is 0 Å². The molecule has 0 aliphatic heterocycles. The second-order valence-electron chi connectivity index (χ2n) is 5.45. The monoisotopic (exact) mass is 329 g/mol. The molecule has 0 saturated carbocycles. The standard InChI is InChI=1S/C19H27N3O2/c1-20-19(21-11-6-12-24-14-13-23-2)22-15-17-9-5-8-16-7-3-4-10-18(16)17/h3-5,7-10H,6,11-15H2,1-2H3,(H2,20,21,22). The molecule has 5 nitrogen and oxygen atoms in total. The van der Waals surface area contributed by atoms with Gasteiger partial charge in [-0.15, -0.1) is 0 Å². The number of hydrogen-bond donors (Lipinski definition) is 2. The number of methoxy groups -OCH3 is 1. The van der Waals surface area contributed by atoms with Crippen LogP contribution in [0.2, 0.25) is 0 Å². The van der Waals surface area contributed by atoms with Crippen LogP contribution in [-0.2, 0) is 16.0 Å². The number of benzene rings is 2. The fourth-order valence-electron chi connectivity index (χ4n) is 2.47. The molecule has 0 fully saturated rings. The first-order valence-electron chi connectivity index (χ1n) is 8.33. The van der Waals surface area contributed by atoms with Crippen LogP contribution in [0.25, 0.3) is 10.8 Å². The van der Waals surface area contributed by atoms with Gasteiger partial charge in [-0.1, -0.05) is 42.5 Å². The molecule has 0 atom stereocenters. The van der Waals surface area contributed by atoms with Crippen molar-refractivity contribution >= 4 is 16.7 Å². The summed E-state index contributed by atoms with van der Waals surface area (Å²) in [5, 5.41) is 9.20. The molecule has 130 valence electrons. The van der Waals surface area contributed by atoms with Crippen LogP contribution in [0.4, 0.5) is 0 Å². The molecule has 0 spiro atoms. The Morgan fingerprint density at radius 3 is 2.67 bits per heavy atom. The lowest BCUT2D eigenvalue weighted by atomic mass is 10.0. The molecule has 2 N–H and O–H groups in total. The first kappa shape index (κ1) is 18.2. The molecule has 0 aromatic heterocycles. The highest BCUT2D eigenvalue weighted by Gasteiger charge is 2.02. The van der Waals surface area contributed by atoms with E-state index in [2.05, 4.69) is 58.1 Å². The van der Waals surface area contributed by atoms with Gasteiger partial charge in [0.15, 0.2) is 5.96 Å². The Hall–Kier alpha value is -2.11. The van der Waals surface area contributed by atoms with Crippen molar-refractivity contribution in [2.24, 2.45) is 4.99 Å². The normalized spacial score (nSPS) is 11.7. The van der Waals surface area contributed by atoms with Crippen molar-refractivity contribution in [3.8, 4) is 0 Å². The maximum atomic E-state index is 5.44. The summed E-state index contributed by atoms with van der Waals surface area (Å²) < 4.78 is 10.4. The van der Waals surface area contributed by atoms with Crippen molar-refractivity contribution in [3.05, 3.63) is 48.0 Å². The third kappa shape index (κ3) is 5.83. The Labute approximate surface area is 144 Å². The molecule has 24 heavy (non-hydrogen) atoms. The molecule has 0 heterocycles. The summed E-state index contributed by atoms with van der Waals surface area (Å²) in [6.45, 7) is 3.57. The largest absolute Gasteiger partial charge is 0.382 e. The number of ether oxygens (including phenoxy) is 2. The van der Waals surface area contributed by atoms with Crippen molar-refractivity contribution in [3.63, 3.8) is 0 Å². The van der Waals surface area contributed by atoms with Crippen molar-refractivity contribution < 1.29 is 9.47 Å².